The van der Waals surface area contributed by atoms with Crippen LogP contribution in [0.3, 0.4) is 0 Å². The first-order valence-corrected chi connectivity index (χ1v) is 16.6. The fourth-order valence-corrected chi connectivity index (χ4v) is 7.36. The summed E-state index contributed by atoms with van der Waals surface area (Å²) in [5.74, 6) is 0. The van der Waals surface area contributed by atoms with Gasteiger partial charge in [-0.25, -0.2) is 0 Å². The van der Waals surface area contributed by atoms with E-state index in [0.717, 1.165) is 0 Å². The van der Waals surface area contributed by atoms with Crippen LogP contribution in [0.4, 0.5) is 0 Å². The van der Waals surface area contributed by atoms with Gasteiger partial charge in [0.15, 0.2) is 0 Å². The second-order valence-electron chi connectivity index (χ2n) is 12.5. The second-order valence-corrected chi connectivity index (χ2v) is 12.5. The Bertz CT molecular complexity index is 2520. The first kappa shape index (κ1) is 28.0. The number of fused-ring (bicyclic) bond motifs is 3. The molecule has 0 aliphatic rings. The maximum atomic E-state index is 2.38. The Balaban J connectivity index is 1.28. The van der Waals surface area contributed by atoms with Crippen molar-refractivity contribution in [2.24, 2.45) is 0 Å². The lowest BCUT2D eigenvalue weighted by molar-refractivity contribution is 1.59. The molecular formula is C48H32. The fraction of sp³-hybridized carbons (Fsp3) is 0. The molecule has 0 atom stereocenters. The van der Waals surface area contributed by atoms with Crippen LogP contribution in [0.15, 0.2) is 194 Å². The fourth-order valence-electron chi connectivity index (χ4n) is 7.36. The van der Waals surface area contributed by atoms with Crippen LogP contribution >= 0.6 is 0 Å². The molecule has 0 saturated heterocycles. The van der Waals surface area contributed by atoms with Gasteiger partial charge in [-0.3, -0.25) is 0 Å². The molecule has 9 aromatic carbocycles. The SMILES string of the molecule is c1ccc(-c2ccc(-c3c4ccccc4c(-c4ccc(-c5ccc6ccccc6c5)cc4-c4ccccc4)c4ccccc34)cc2)cc1. The minimum absolute atomic E-state index is 1.21. The van der Waals surface area contributed by atoms with Crippen LogP contribution in [0.25, 0.3) is 88.0 Å². The van der Waals surface area contributed by atoms with E-state index in [0.29, 0.717) is 0 Å². The van der Waals surface area contributed by atoms with Gasteiger partial charge >= 0.3 is 0 Å². The first-order chi connectivity index (χ1) is 23.8. The molecule has 0 unspecified atom stereocenters. The van der Waals surface area contributed by atoms with Crippen LogP contribution in [0, 0.1) is 0 Å². The van der Waals surface area contributed by atoms with Gasteiger partial charge in [0.2, 0.25) is 0 Å². The van der Waals surface area contributed by atoms with E-state index >= 15 is 0 Å². The highest BCUT2D eigenvalue weighted by molar-refractivity contribution is 6.22. The number of rotatable bonds is 5. The average molecular weight is 609 g/mol. The molecule has 0 nitrogen and oxygen atoms in total. The Morgan fingerprint density at radius 3 is 1.29 bits per heavy atom. The lowest BCUT2D eigenvalue weighted by Crippen LogP contribution is -1.93. The zero-order valence-electron chi connectivity index (χ0n) is 26.5. The predicted molar refractivity (Wildman–Crippen MR) is 206 cm³/mol. The van der Waals surface area contributed by atoms with Crippen LogP contribution in [-0.4, -0.2) is 0 Å². The van der Waals surface area contributed by atoms with Gasteiger partial charge in [0.25, 0.3) is 0 Å². The first-order valence-electron chi connectivity index (χ1n) is 16.6. The topological polar surface area (TPSA) is 0 Å². The summed E-state index contributed by atoms with van der Waals surface area (Å²) in [5.41, 5.74) is 12.4. The van der Waals surface area contributed by atoms with Crippen molar-refractivity contribution in [3.8, 4) is 55.6 Å². The summed E-state index contributed by atoms with van der Waals surface area (Å²) >= 11 is 0. The molecular weight excluding hydrogens is 577 g/mol. The Kier molecular flexibility index (Phi) is 6.91. The molecule has 0 bridgehead atoms. The Morgan fingerprint density at radius 2 is 0.646 bits per heavy atom. The highest BCUT2D eigenvalue weighted by Crippen LogP contribution is 2.47. The monoisotopic (exact) mass is 608 g/mol. The number of hydrogen-bond donors (Lipinski definition) is 0. The van der Waals surface area contributed by atoms with E-state index in [-0.39, 0.29) is 0 Å². The van der Waals surface area contributed by atoms with E-state index in [4.69, 9.17) is 0 Å². The summed E-state index contributed by atoms with van der Waals surface area (Å²) in [4.78, 5) is 0. The van der Waals surface area contributed by atoms with Crippen molar-refractivity contribution in [1.82, 2.24) is 0 Å². The largest absolute Gasteiger partial charge is 0.0622 e. The van der Waals surface area contributed by atoms with Gasteiger partial charge < -0.3 is 0 Å². The molecule has 0 heterocycles. The van der Waals surface area contributed by atoms with E-state index in [1.54, 1.807) is 0 Å². The van der Waals surface area contributed by atoms with Crippen molar-refractivity contribution in [2.45, 2.75) is 0 Å². The molecule has 9 rings (SSSR count). The van der Waals surface area contributed by atoms with Gasteiger partial charge in [0.05, 0.1) is 0 Å². The van der Waals surface area contributed by atoms with Crippen molar-refractivity contribution >= 4 is 32.3 Å². The summed E-state index contributed by atoms with van der Waals surface area (Å²) in [5, 5.41) is 7.55. The molecule has 0 fully saturated rings. The third kappa shape index (κ3) is 4.87. The molecule has 224 valence electrons. The number of hydrogen-bond acceptors (Lipinski definition) is 0. The highest BCUT2D eigenvalue weighted by atomic mass is 14.2. The molecule has 9 aromatic rings. The molecule has 0 amide bonds. The zero-order valence-corrected chi connectivity index (χ0v) is 26.5. The van der Waals surface area contributed by atoms with Gasteiger partial charge in [-0.1, -0.05) is 182 Å². The van der Waals surface area contributed by atoms with E-state index < -0.39 is 0 Å². The summed E-state index contributed by atoms with van der Waals surface area (Å²) < 4.78 is 0. The zero-order chi connectivity index (χ0) is 31.9. The summed E-state index contributed by atoms with van der Waals surface area (Å²) in [7, 11) is 0. The van der Waals surface area contributed by atoms with Gasteiger partial charge in [-0.15, -0.1) is 0 Å². The molecule has 0 N–H and O–H groups in total. The lowest BCUT2D eigenvalue weighted by Gasteiger charge is -2.20. The molecule has 0 spiro atoms. The maximum Gasteiger partial charge on any atom is -0.00201 e. The normalized spacial score (nSPS) is 11.3. The third-order valence-corrected chi connectivity index (χ3v) is 9.67. The van der Waals surface area contributed by atoms with Crippen molar-refractivity contribution in [3.63, 3.8) is 0 Å². The van der Waals surface area contributed by atoms with Gasteiger partial charge in [0.1, 0.15) is 0 Å². The maximum absolute atomic E-state index is 2.38. The minimum Gasteiger partial charge on any atom is -0.0622 e. The van der Waals surface area contributed by atoms with E-state index in [1.807, 2.05) is 0 Å². The second kappa shape index (κ2) is 11.8. The molecule has 0 heteroatoms. The molecule has 0 radical (unpaired) electrons. The van der Waals surface area contributed by atoms with Crippen LogP contribution in [-0.2, 0) is 0 Å². The minimum atomic E-state index is 1.21. The highest BCUT2D eigenvalue weighted by Gasteiger charge is 2.19. The smallest absolute Gasteiger partial charge is 0.00201 e. The average Bonchev–Trinajstić information content (AvgIpc) is 3.17. The van der Waals surface area contributed by atoms with E-state index in [1.165, 1.54) is 88.0 Å². The van der Waals surface area contributed by atoms with Crippen LogP contribution < -0.4 is 0 Å². The van der Waals surface area contributed by atoms with Crippen LogP contribution in [0.1, 0.15) is 0 Å². The van der Waals surface area contributed by atoms with E-state index in [2.05, 4.69) is 194 Å². The Morgan fingerprint density at radius 1 is 0.208 bits per heavy atom. The summed E-state index contributed by atoms with van der Waals surface area (Å²) in [6, 6.07) is 70.8. The molecule has 0 aliphatic carbocycles. The summed E-state index contributed by atoms with van der Waals surface area (Å²) in [6.45, 7) is 0. The third-order valence-electron chi connectivity index (χ3n) is 9.67. The van der Waals surface area contributed by atoms with Crippen LogP contribution in [0.5, 0.6) is 0 Å². The van der Waals surface area contributed by atoms with Crippen molar-refractivity contribution in [3.05, 3.63) is 194 Å². The Labute approximate surface area is 281 Å². The van der Waals surface area contributed by atoms with Gasteiger partial charge in [0, 0.05) is 0 Å². The van der Waals surface area contributed by atoms with Crippen molar-refractivity contribution in [2.75, 3.05) is 0 Å². The molecule has 0 aliphatic heterocycles. The molecule has 0 aromatic heterocycles. The number of benzene rings is 9. The van der Waals surface area contributed by atoms with Gasteiger partial charge in [-0.05, 0) is 100 Å². The van der Waals surface area contributed by atoms with Crippen LogP contribution in [0.2, 0.25) is 0 Å². The predicted octanol–water partition coefficient (Wildman–Crippen LogP) is 13.5. The van der Waals surface area contributed by atoms with Crippen molar-refractivity contribution < 1.29 is 0 Å². The van der Waals surface area contributed by atoms with E-state index in [9.17, 15) is 0 Å². The lowest BCUT2D eigenvalue weighted by atomic mass is 9.83. The van der Waals surface area contributed by atoms with Crippen molar-refractivity contribution in [1.29, 1.82) is 0 Å². The summed E-state index contributed by atoms with van der Waals surface area (Å²) in [6.07, 6.45) is 0. The standard InChI is InChI=1S/C48H32/c1-3-13-33(14-4-1)35-23-26-37(27-24-35)47-41-19-9-11-21-43(41)48(44-22-12-10-20-42(44)47)45-30-29-40(32-46(45)36-16-5-2-6-17-36)39-28-25-34-15-7-8-18-38(34)31-39/h1-32H. The molecule has 0 saturated carbocycles. The Hall–Kier alpha value is -6.24. The quantitative estimate of drug-likeness (QED) is 0.171. The molecule has 48 heavy (non-hydrogen) atoms. The van der Waals surface area contributed by atoms with Gasteiger partial charge in [-0.2, -0.15) is 0 Å².